The summed E-state index contributed by atoms with van der Waals surface area (Å²) in [5, 5.41) is 2.96. The van der Waals surface area contributed by atoms with E-state index in [0.29, 0.717) is 6.04 Å². The summed E-state index contributed by atoms with van der Waals surface area (Å²) in [5.74, 6) is -0.0880. The Morgan fingerprint density at radius 2 is 1.91 bits per heavy atom. The first-order valence-corrected chi connectivity index (χ1v) is 8.20. The average Bonchev–Trinajstić information content (AvgIpc) is 3.27. The van der Waals surface area contributed by atoms with E-state index in [1.165, 1.54) is 24.2 Å². The highest BCUT2D eigenvalue weighted by Crippen LogP contribution is 2.38. The number of carbonyl (C=O) groups is 1. The second kappa shape index (κ2) is 6.07. The van der Waals surface area contributed by atoms with E-state index in [1.54, 1.807) is 6.08 Å². The number of hydrogen-bond acceptors (Lipinski definition) is 1. The molecule has 1 aliphatic carbocycles. The van der Waals surface area contributed by atoms with E-state index < -0.39 is 0 Å². The smallest absolute Gasteiger partial charge is 0.248 e. The van der Waals surface area contributed by atoms with Crippen molar-refractivity contribution in [1.82, 2.24) is 4.57 Å². The van der Waals surface area contributed by atoms with Gasteiger partial charge in [0.2, 0.25) is 5.91 Å². The summed E-state index contributed by atoms with van der Waals surface area (Å²) in [6.45, 7) is 8.30. The Kier molecular flexibility index (Phi) is 4.12. The van der Waals surface area contributed by atoms with Gasteiger partial charge in [0.05, 0.1) is 0 Å². The molecule has 1 saturated carbocycles. The Hall–Kier alpha value is -2.29. The number of aryl methyl sites for hydroxylation is 3. The van der Waals surface area contributed by atoms with E-state index in [-0.39, 0.29) is 5.91 Å². The molecule has 1 amide bonds. The molecule has 1 aromatic carbocycles. The number of hydrogen-bond donors (Lipinski definition) is 1. The SMILES string of the molecule is Cc1ccc(C)c(NC(=O)/C=C/c2cc(C)n(C3CC3)c2C)c1. The zero-order valence-corrected chi connectivity index (χ0v) is 14.3. The highest BCUT2D eigenvalue weighted by atomic mass is 16.1. The summed E-state index contributed by atoms with van der Waals surface area (Å²) in [5.41, 5.74) is 6.75. The highest BCUT2D eigenvalue weighted by molar-refractivity contribution is 6.02. The van der Waals surface area contributed by atoms with Gasteiger partial charge in [-0.2, -0.15) is 0 Å². The summed E-state index contributed by atoms with van der Waals surface area (Å²) in [7, 11) is 0. The molecule has 23 heavy (non-hydrogen) atoms. The second-order valence-corrected chi connectivity index (χ2v) is 6.57. The molecule has 3 heteroatoms. The number of carbonyl (C=O) groups excluding carboxylic acids is 1. The first-order valence-electron chi connectivity index (χ1n) is 8.20. The van der Waals surface area contributed by atoms with Crippen LogP contribution in [0.25, 0.3) is 6.08 Å². The van der Waals surface area contributed by atoms with Crippen molar-refractivity contribution in [2.45, 2.75) is 46.6 Å². The van der Waals surface area contributed by atoms with Gasteiger partial charge in [0, 0.05) is 29.2 Å². The summed E-state index contributed by atoms with van der Waals surface area (Å²) < 4.78 is 2.39. The van der Waals surface area contributed by atoms with Gasteiger partial charge in [-0.05, 0) is 75.4 Å². The molecule has 0 radical (unpaired) electrons. The van der Waals surface area contributed by atoms with Crippen LogP contribution in [0.1, 0.15) is 47.0 Å². The van der Waals surface area contributed by atoms with Gasteiger partial charge in [0.15, 0.2) is 0 Å². The molecular weight excluding hydrogens is 284 g/mol. The Balaban J connectivity index is 1.74. The number of nitrogens with zero attached hydrogens (tertiary/aromatic N) is 1. The molecule has 1 aromatic heterocycles. The van der Waals surface area contributed by atoms with Crippen LogP contribution in [0.2, 0.25) is 0 Å². The maximum absolute atomic E-state index is 12.2. The van der Waals surface area contributed by atoms with Crippen LogP contribution in [0.15, 0.2) is 30.3 Å². The lowest BCUT2D eigenvalue weighted by atomic mass is 10.1. The molecule has 0 atom stereocenters. The average molecular weight is 308 g/mol. The van der Waals surface area contributed by atoms with Crippen molar-refractivity contribution in [2.24, 2.45) is 0 Å². The molecule has 0 bridgehead atoms. The number of benzene rings is 1. The molecule has 1 fully saturated rings. The van der Waals surface area contributed by atoms with Crippen molar-refractivity contribution in [3.05, 3.63) is 58.4 Å². The van der Waals surface area contributed by atoms with Crippen LogP contribution in [0, 0.1) is 27.7 Å². The molecule has 3 nitrogen and oxygen atoms in total. The molecule has 2 aromatic rings. The van der Waals surface area contributed by atoms with Gasteiger partial charge in [0.1, 0.15) is 0 Å². The van der Waals surface area contributed by atoms with Crippen LogP contribution < -0.4 is 5.32 Å². The third-order valence-electron chi connectivity index (χ3n) is 4.50. The van der Waals surface area contributed by atoms with Crippen molar-refractivity contribution >= 4 is 17.7 Å². The monoisotopic (exact) mass is 308 g/mol. The Labute approximate surface area is 138 Å². The van der Waals surface area contributed by atoms with Crippen molar-refractivity contribution < 1.29 is 4.79 Å². The molecule has 0 spiro atoms. The predicted molar refractivity (Wildman–Crippen MR) is 95.8 cm³/mol. The van der Waals surface area contributed by atoms with Crippen LogP contribution in [0.3, 0.4) is 0 Å². The lowest BCUT2D eigenvalue weighted by Crippen LogP contribution is -2.09. The minimum atomic E-state index is -0.0880. The molecule has 1 heterocycles. The minimum Gasteiger partial charge on any atom is -0.346 e. The molecule has 1 aliphatic rings. The lowest BCUT2D eigenvalue weighted by Gasteiger charge is -2.07. The molecule has 120 valence electrons. The van der Waals surface area contributed by atoms with Gasteiger partial charge in [-0.1, -0.05) is 12.1 Å². The largest absolute Gasteiger partial charge is 0.346 e. The molecule has 0 unspecified atom stereocenters. The second-order valence-electron chi connectivity index (χ2n) is 6.57. The fraction of sp³-hybridized carbons (Fsp3) is 0.350. The van der Waals surface area contributed by atoms with Gasteiger partial charge in [0.25, 0.3) is 0 Å². The Morgan fingerprint density at radius 3 is 2.61 bits per heavy atom. The fourth-order valence-electron chi connectivity index (χ4n) is 3.08. The van der Waals surface area contributed by atoms with Gasteiger partial charge in [-0.3, -0.25) is 4.79 Å². The third-order valence-corrected chi connectivity index (χ3v) is 4.50. The van der Waals surface area contributed by atoms with Crippen molar-refractivity contribution in [1.29, 1.82) is 0 Å². The van der Waals surface area contributed by atoms with E-state index in [2.05, 4.69) is 29.8 Å². The van der Waals surface area contributed by atoms with E-state index in [0.717, 1.165) is 22.4 Å². The fourth-order valence-corrected chi connectivity index (χ4v) is 3.08. The van der Waals surface area contributed by atoms with E-state index >= 15 is 0 Å². The van der Waals surface area contributed by atoms with E-state index in [9.17, 15) is 4.79 Å². The molecular formula is C20H24N2O. The molecule has 1 N–H and O–H groups in total. The quantitative estimate of drug-likeness (QED) is 0.816. The Morgan fingerprint density at radius 1 is 1.17 bits per heavy atom. The third kappa shape index (κ3) is 3.39. The van der Waals surface area contributed by atoms with Crippen molar-refractivity contribution in [2.75, 3.05) is 5.32 Å². The lowest BCUT2D eigenvalue weighted by molar-refractivity contribution is -0.111. The topological polar surface area (TPSA) is 34.0 Å². The van der Waals surface area contributed by atoms with Gasteiger partial charge in [-0.25, -0.2) is 0 Å². The van der Waals surface area contributed by atoms with Gasteiger partial charge in [-0.15, -0.1) is 0 Å². The van der Waals surface area contributed by atoms with Crippen LogP contribution in [0.4, 0.5) is 5.69 Å². The first kappa shape index (κ1) is 15.6. The number of aromatic nitrogens is 1. The molecule has 3 rings (SSSR count). The van der Waals surface area contributed by atoms with Gasteiger partial charge < -0.3 is 9.88 Å². The zero-order valence-electron chi connectivity index (χ0n) is 14.3. The van der Waals surface area contributed by atoms with Gasteiger partial charge >= 0.3 is 0 Å². The summed E-state index contributed by atoms with van der Waals surface area (Å²) in [4.78, 5) is 12.2. The minimum absolute atomic E-state index is 0.0880. The van der Waals surface area contributed by atoms with Crippen LogP contribution in [0.5, 0.6) is 0 Å². The standard InChI is InChI=1S/C20H24N2O/c1-13-5-6-14(2)19(11-13)21-20(23)10-7-17-12-15(3)22(16(17)4)18-8-9-18/h5-7,10-12,18H,8-9H2,1-4H3,(H,21,23)/b10-7+. The number of anilines is 1. The summed E-state index contributed by atoms with van der Waals surface area (Å²) >= 11 is 0. The van der Waals surface area contributed by atoms with Crippen LogP contribution >= 0.6 is 0 Å². The summed E-state index contributed by atoms with van der Waals surface area (Å²) in [6, 6.07) is 8.90. The predicted octanol–water partition coefficient (Wildman–Crippen LogP) is 4.71. The van der Waals surface area contributed by atoms with E-state index in [1.807, 2.05) is 38.1 Å². The normalized spacial score (nSPS) is 14.4. The first-order chi connectivity index (χ1) is 11.0. The maximum atomic E-state index is 12.2. The van der Waals surface area contributed by atoms with Crippen LogP contribution in [-0.4, -0.2) is 10.5 Å². The van der Waals surface area contributed by atoms with Crippen LogP contribution in [-0.2, 0) is 4.79 Å². The zero-order chi connectivity index (χ0) is 16.6. The van der Waals surface area contributed by atoms with Crippen molar-refractivity contribution in [3.8, 4) is 0 Å². The summed E-state index contributed by atoms with van der Waals surface area (Å²) in [6.07, 6.45) is 6.09. The highest BCUT2D eigenvalue weighted by Gasteiger charge is 2.26. The number of rotatable bonds is 4. The number of amides is 1. The number of nitrogens with one attached hydrogen (secondary N) is 1. The molecule has 0 aliphatic heterocycles. The Bertz CT molecular complexity index is 779. The van der Waals surface area contributed by atoms with E-state index in [4.69, 9.17) is 0 Å². The van der Waals surface area contributed by atoms with Crippen molar-refractivity contribution in [3.63, 3.8) is 0 Å². The maximum Gasteiger partial charge on any atom is 0.248 e. The molecule has 0 saturated heterocycles.